The van der Waals surface area contributed by atoms with Gasteiger partial charge >= 0.3 is 6.18 Å². The van der Waals surface area contributed by atoms with Crippen molar-refractivity contribution in [1.29, 1.82) is 0 Å². The van der Waals surface area contributed by atoms with Gasteiger partial charge in [-0.05, 0) is 65.4 Å². The lowest BCUT2D eigenvalue weighted by atomic mass is 9.96. The minimum atomic E-state index is -4.33. The molecule has 0 heterocycles. The van der Waals surface area contributed by atoms with Crippen LogP contribution in [0, 0.1) is 10.5 Å². The molecular formula is C16H15F3IN. The van der Waals surface area contributed by atoms with Crippen LogP contribution in [-0.4, -0.2) is 7.05 Å². The summed E-state index contributed by atoms with van der Waals surface area (Å²) in [5.74, 6) is 0. The molecule has 112 valence electrons. The fourth-order valence-corrected chi connectivity index (χ4v) is 2.96. The number of benzene rings is 2. The second kappa shape index (κ2) is 6.36. The average Bonchev–Trinajstić information content (AvgIpc) is 2.44. The molecule has 0 fully saturated rings. The van der Waals surface area contributed by atoms with Gasteiger partial charge in [0.2, 0.25) is 0 Å². The zero-order chi connectivity index (χ0) is 15.6. The first kappa shape index (κ1) is 16.3. The van der Waals surface area contributed by atoms with Crippen molar-refractivity contribution in [3.63, 3.8) is 0 Å². The minimum absolute atomic E-state index is 0.265. The molecule has 0 aliphatic carbocycles. The van der Waals surface area contributed by atoms with Crippen LogP contribution in [0.4, 0.5) is 13.2 Å². The van der Waals surface area contributed by atoms with E-state index in [1.54, 1.807) is 13.1 Å². The number of hydrogen-bond acceptors (Lipinski definition) is 1. The summed E-state index contributed by atoms with van der Waals surface area (Å²) >= 11 is 2.23. The van der Waals surface area contributed by atoms with E-state index in [0.717, 1.165) is 20.8 Å². The van der Waals surface area contributed by atoms with Gasteiger partial charge in [-0.3, -0.25) is 0 Å². The molecule has 0 radical (unpaired) electrons. The first-order valence-corrected chi connectivity index (χ1v) is 7.52. The zero-order valence-electron chi connectivity index (χ0n) is 11.6. The van der Waals surface area contributed by atoms with Crippen LogP contribution in [-0.2, 0) is 6.18 Å². The highest BCUT2D eigenvalue weighted by molar-refractivity contribution is 14.1. The summed E-state index contributed by atoms with van der Waals surface area (Å²) in [6.45, 7) is 1.99. The van der Waals surface area contributed by atoms with Gasteiger partial charge in [-0.1, -0.05) is 30.3 Å². The Morgan fingerprint density at radius 3 is 2.38 bits per heavy atom. The van der Waals surface area contributed by atoms with Crippen LogP contribution in [0.25, 0.3) is 0 Å². The fourth-order valence-electron chi connectivity index (χ4n) is 2.29. The molecule has 1 nitrogen and oxygen atoms in total. The van der Waals surface area contributed by atoms with Gasteiger partial charge < -0.3 is 5.32 Å². The molecule has 1 unspecified atom stereocenters. The third-order valence-electron chi connectivity index (χ3n) is 3.37. The number of rotatable bonds is 3. The van der Waals surface area contributed by atoms with E-state index in [-0.39, 0.29) is 6.04 Å². The summed E-state index contributed by atoms with van der Waals surface area (Å²) < 4.78 is 39.6. The van der Waals surface area contributed by atoms with Gasteiger partial charge in [0.1, 0.15) is 0 Å². The SMILES string of the molecule is CNC(c1cccc(C(F)(F)F)c1)c1cccc(C)c1I. The van der Waals surface area contributed by atoms with E-state index < -0.39 is 11.7 Å². The summed E-state index contributed by atoms with van der Waals surface area (Å²) in [5.41, 5.74) is 2.08. The van der Waals surface area contributed by atoms with Gasteiger partial charge in [-0.2, -0.15) is 13.2 Å². The maximum Gasteiger partial charge on any atom is 0.416 e. The lowest BCUT2D eigenvalue weighted by Crippen LogP contribution is -2.20. The van der Waals surface area contributed by atoms with Crippen molar-refractivity contribution in [3.8, 4) is 0 Å². The first-order valence-electron chi connectivity index (χ1n) is 6.44. The number of nitrogens with one attached hydrogen (secondary N) is 1. The zero-order valence-corrected chi connectivity index (χ0v) is 13.8. The topological polar surface area (TPSA) is 12.0 Å². The molecular weight excluding hydrogens is 390 g/mol. The molecule has 0 aromatic heterocycles. The Balaban J connectivity index is 2.49. The highest BCUT2D eigenvalue weighted by Crippen LogP contribution is 2.33. The highest BCUT2D eigenvalue weighted by atomic mass is 127. The largest absolute Gasteiger partial charge is 0.416 e. The Bertz CT molecular complexity index is 638. The molecule has 0 saturated heterocycles. The molecule has 2 aromatic rings. The standard InChI is InChI=1S/C16H15F3IN/c1-10-5-3-8-13(14(10)20)15(21-2)11-6-4-7-12(9-11)16(17,18)19/h3-9,15,21H,1-2H3. The molecule has 0 saturated carbocycles. The van der Waals surface area contributed by atoms with Crippen LogP contribution in [0.15, 0.2) is 42.5 Å². The summed E-state index contributed by atoms with van der Waals surface area (Å²) in [5, 5.41) is 3.11. The van der Waals surface area contributed by atoms with Crippen molar-refractivity contribution >= 4 is 22.6 Å². The predicted molar refractivity (Wildman–Crippen MR) is 86.2 cm³/mol. The number of halogens is 4. The quantitative estimate of drug-likeness (QED) is 0.715. The van der Waals surface area contributed by atoms with E-state index in [0.29, 0.717) is 5.56 Å². The van der Waals surface area contributed by atoms with Crippen molar-refractivity contribution in [2.45, 2.75) is 19.1 Å². The third kappa shape index (κ3) is 3.58. The van der Waals surface area contributed by atoms with Crippen molar-refractivity contribution in [1.82, 2.24) is 5.32 Å². The lowest BCUT2D eigenvalue weighted by Gasteiger charge is -2.21. The Kier molecular flexibility index (Phi) is 4.93. The summed E-state index contributed by atoms with van der Waals surface area (Å²) in [6, 6.07) is 11.1. The van der Waals surface area contributed by atoms with E-state index in [9.17, 15) is 13.2 Å². The lowest BCUT2D eigenvalue weighted by molar-refractivity contribution is -0.137. The second-order valence-electron chi connectivity index (χ2n) is 4.82. The van der Waals surface area contributed by atoms with Crippen LogP contribution < -0.4 is 5.32 Å². The smallest absolute Gasteiger partial charge is 0.309 e. The van der Waals surface area contributed by atoms with Gasteiger partial charge in [0, 0.05) is 3.57 Å². The van der Waals surface area contributed by atoms with Crippen LogP contribution in [0.2, 0.25) is 0 Å². The van der Waals surface area contributed by atoms with Crippen molar-refractivity contribution in [2.24, 2.45) is 0 Å². The Morgan fingerprint density at radius 2 is 1.76 bits per heavy atom. The molecule has 2 rings (SSSR count). The maximum atomic E-state index is 12.9. The van der Waals surface area contributed by atoms with Gasteiger partial charge in [0.25, 0.3) is 0 Å². The first-order chi connectivity index (χ1) is 9.84. The van der Waals surface area contributed by atoms with Crippen LogP contribution >= 0.6 is 22.6 Å². The van der Waals surface area contributed by atoms with Gasteiger partial charge in [0.05, 0.1) is 11.6 Å². The fraction of sp³-hybridized carbons (Fsp3) is 0.250. The predicted octanol–water partition coefficient (Wildman–Crippen LogP) is 4.93. The Hall–Kier alpha value is -1.08. The van der Waals surface area contributed by atoms with E-state index >= 15 is 0 Å². The average molecular weight is 405 g/mol. The van der Waals surface area contributed by atoms with Gasteiger partial charge in [0.15, 0.2) is 0 Å². The summed E-state index contributed by atoms with van der Waals surface area (Å²) in [6.07, 6.45) is -4.33. The summed E-state index contributed by atoms with van der Waals surface area (Å²) in [4.78, 5) is 0. The Labute approximate surface area is 135 Å². The van der Waals surface area contributed by atoms with E-state index in [4.69, 9.17) is 0 Å². The molecule has 0 aliphatic rings. The molecule has 0 amide bonds. The molecule has 1 N–H and O–H groups in total. The molecule has 21 heavy (non-hydrogen) atoms. The summed E-state index contributed by atoms with van der Waals surface area (Å²) in [7, 11) is 1.75. The normalized spacial score (nSPS) is 13.2. The van der Waals surface area contributed by atoms with Crippen molar-refractivity contribution < 1.29 is 13.2 Å². The number of alkyl halides is 3. The van der Waals surface area contributed by atoms with E-state index in [1.807, 2.05) is 25.1 Å². The van der Waals surface area contributed by atoms with Crippen molar-refractivity contribution in [3.05, 3.63) is 68.3 Å². The highest BCUT2D eigenvalue weighted by Gasteiger charge is 2.31. The van der Waals surface area contributed by atoms with Crippen LogP contribution in [0.5, 0.6) is 0 Å². The molecule has 0 aliphatic heterocycles. The minimum Gasteiger partial charge on any atom is -0.309 e. The van der Waals surface area contributed by atoms with E-state index in [1.165, 1.54) is 12.1 Å². The Morgan fingerprint density at radius 1 is 1.10 bits per heavy atom. The monoisotopic (exact) mass is 405 g/mol. The number of hydrogen-bond donors (Lipinski definition) is 1. The molecule has 1 atom stereocenters. The molecule has 5 heteroatoms. The maximum absolute atomic E-state index is 12.9. The third-order valence-corrected chi connectivity index (χ3v) is 4.84. The number of aryl methyl sites for hydroxylation is 1. The van der Waals surface area contributed by atoms with Crippen LogP contribution in [0.1, 0.15) is 28.3 Å². The second-order valence-corrected chi connectivity index (χ2v) is 5.90. The molecule has 0 spiro atoms. The van der Waals surface area contributed by atoms with Gasteiger partial charge in [-0.15, -0.1) is 0 Å². The molecule has 0 bridgehead atoms. The molecule has 2 aromatic carbocycles. The van der Waals surface area contributed by atoms with E-state index in [2.05, 4.69) is 27.9 Å². The van der Waals surface area contributed by atoms with Crippen LogP contribution in [0.3, 0.4) is 0 Å². The van der Waals surface area contributed by atoms with Gasteiger partial charge in [-0.25, -0.2) is 0 Å². The van der Waals surface area contributed by atoms with Crippen molar-refractivity contribution in [2.75, 3.05) is 7.05 Å².